The van der Waals surface area contributed by atoms with Gasteiger partial charge in [0.05, 0.1) is 0 Å². The van der Waals surface area contributed by atoms with E-state index in [-0.39, 0.29) is 5.92 Å². The highest BCUT2D eigenvalue weighted by Gasteiger charge is 2.31. The van der Waals surface area contributed by atoms with Crippen LogP contribution >= 0.6 is 0 Å². The molecule has 3 unspecified atom stereocenters. The zero-order valence-corrected chi connectivity index (χ0v) is 13.2. The molecular weight excluding hydrogens is 268 g/mol. The number of carbonyl (C=O) groups is 1. The third-order valence-corrected chi connectivity index (χ3v) is 4.84. The van der Waals surface area contributed by atoms with Gasteiger partial charge in [0.2, 0.25) is 0 Å². The van der Waals surface area contributed by atoms with E-state index >= 15 is 0 Å². The smallest absolute Gasteiger partial charge is 0.165 e. The van der Waals surface area contributed by atoms with Gasteiger partial charge in [-0.2, -0.15) is 0 Å². The molecule has 0 N–H and O–H groups in total. The molecule has 22 heavy (non-hydrogen) atoms. The molecule has 0 spiro atoms. The molecule has 0 heterocycles. The maximum absolute atomic E-state index is 12.7. The van der Waals surface area contributed by atoms with Crippen molar-refractivity contribution in [1.29, 1.82) is 0 Å². The highest BCUT2D eigenvalue weighted by atomic mass is 16.1. The largest absolute Gasteiger partial charge is 0.294 e. The lowest BCUT2D eigenvalue weighted by molar-refractivity contribution is 0.0828. The van der Waals surface area contributed by atoms with E-state index in [1.807, 2.05) is 30.3 Å². The van der Waals surface area contributed by atoms with Crippen LogP contribution in [0.4, 0.5) is 0 Å². The monoisotopic (exact) mass is 292 g/mol. The maximum Gasteiger partial charge on any atom is 0.165 e. The average molecular weight is 292 g/mol. The topological polar surface area (TPSA) is 17.1 Å². The Labute approximate surface area is 133 Å². The molecule has 2 aromatic rings. The molecule has 0 bridgehead atoms. The molecule has 0 amide bonds. The maximum atomic E-state index is 12.7. The van der Waals surface area contributed by atoms with Gasteiger partial charge in [-0.25, -0.2) is 0 Å². The number of rotatable bonds is 4. The van der Waals surface area contributed by atoms with E-state index in [9.17, 15) is 4.79 Å². The van der Waals surface area contributed by atoms with Crippen molar-refractivity contribution in [3.63, 3.8) is 0 Å². The molecule has 0 aliphatic heterocycles. The van der Waals surface area contributed by atoms with Gasteiger partial charge in [0.25, 0.3) is 0 Å². The van der Waals surface area contributed by atoms with E-state index in [4.69, 9.17) is 0 Å². The molecule has 2 aromatic carbocycles. The Morgan fingerprint density at radius 3 is 2.23 bits per heavy atom. The van der Waals surface area contributed by atoms with Crippen molar-refractivity contribution >= 4 is 5.78 Å². The first-order chi connectivity index (χ1) is 10.7. The summed E-state index contributed by atoms with van der Waals surface area (Å²) in [5.41, 5.74) is 2.27. The summed E-state index contributed by atoms with van der Waals surface area (Å²) in [6.07, 6.45) is 4.42. The van der Waals surface area contributed by atoms with Crippen LogP contribution in [0, 0.1) is 17.8 Å². The summed E-state index contributed by atoms with van der Waals surface area (Å²) in [6, 6.07) is 20.5. The second kappa shape index (κ2) is 6.91. The lowest BCUT2D eigenvalue weighted by atomic mass is 9.71. The van der Waals surface area contributed by atoms with E-state index < -0.39 is 0 Å². The van der Waals surface area contributed by atoms with Crippen LogP contribution in [0.15, 0.2) is 60.7 Å². The third-order valence-electron chi connectivity index (χ3n) is 4.84. The summed E-state index contributed by atoms with van der Waals surface area (Å²) in [5.74, 6) is 1.80. The molecule has 1 nitrogen and oxygen atoms in total. The summed E-state index contributed by atoms with van der Waals surface area (Å²) in [6.45, 7) is 2.29. The van der Waals surface area contributed by atoms with Crippen molar-refractivity contribution in [3.05, 3.63) is 71.8 Å². The minimum absolute atomic E-state index is 0.194. The Hall–Kier alpha value is -1.89. The second-order valence-electron chi connectivity index (χ2n) is 6.80. The summed E-state index contributed by atoms with van der Waals surface area (Å²) in [5, 5.41) is 0. The van der Waals surface area contributed by atoms with Crippen molar-refractivity contribution in [2.24, 2.45) is 17.8 Å². The van der Waals surface area contributed by atoms with Crippen LogP contribution in [0.3, 0.4) is 0 Å². The molecule has 3 rings (SSSR count). The highest BCUT2D eigenvalue weighted by molar-refractivity contribution is 5.97. The fourth-order valence-electron chi connectivity index (χ4n) is 3.91. The van der Waals surface area contributed by atoms with Gasteiger partial charge in [0.1, 0.15) is 0 Å². The second-order valence-corrected chi connectivity index (χ2v) is 6.80. The first-order valence-corrected chi connectivity index (χ1v) is 8.35. The number of ketones is 1. The molecular formula is C21H24O. The average Bonchev–Trinajstić information content (AvgIpc) is 2.55. The minimum atomic E-state index is 0.194. The van der Waals surface area contributed by atoms with E-state index in [1.165, 1.54) is 12.0 Å². The quantitative estimate of drug-likeness (QED) is 0.711. The van der Waals surface area contributed by atoms with Crippen molar-refractivity contribution in [1.82, 2.24) is 0 Å². The Morgan fingerprint density at radius 2 is 1.55 bits per heavy atom. The fraction of sp³-hybridized carbons (Fsp3) is 0.381. The van der Waals surface area contributed by atoms with Crippen LogP contribution in [0.1, 0.15) is 42.1 Å². The summed E-state index contributed by atoms with van der Waals surface area (Å²) in [7, 11) is 0. The number of Topliss-reactive ketones (excluding diaryl/α,β-unsaturated/α-hetero) is 1. The van der Waals surface area contributed by atoms with E-state index in [0.717, 1.165) is 24.8 Å². The molecule has 1 aliphatic carbocycles. The summed E-state index contributed by atoms with van der Waals surface area (Å²) >= 11 is 0. The van der Waals surface area contributed by atoms with Gasteiger partial charge in [-0.15, -0.1) is 0 Å². The SMILES string of the molecule is CC1CC(Cc2ccccc2)CC(C(=O)c2ccccc2)C1. The van der Waals surface area contributed by atoms with E-state index in [0.29, 0.717) is 17.6 Å². The molecule has 0 saturated heterocycles. The Kier molecular flexibility index (Phi) is 4.72. The molecule has 3 atom stereocenters. The molecule has 1 saturated carbocycles. The molecule has 0 aromatic heterocycles. The van der Waals surface area contributed by atoms with Gasteiger partial charge in [0, 0.05) is 11.5 Å². The van der Waals surface area contributed by atoms with Crippen LogP contribution in [0.25, 0.3) is 0 Å². The zero-order valence-electron chi connectivity index (χ0n) is 13.2. The molecule has 1 aliphatic rings. The predicted octanol–water partition coefficient (Wildman–Crippen LogP) is 5.16. The van der Waals surface area contributed by atoms with Gasteiger partial charge in [-0.1, -0.05) is 67.6 Å². The van der Waals surface area contributed by atoms with E-state index in [2.05, 4.69) is 37.3 Å². The van der Waals surface area contributed by atoms with Gasteiger partial charge >= 0.3 is 0 Å². The lowest BCUT2D eigenvalue weighted by Crippen LogP contribution is -2.28. The van der Waals surface area contributed by atoms with Crippen LogP contribution in [-0.2, 0) is 6.42 Å². The van der Waals surface area contributed by atoms with Crippen molar-refractivity contribution in [3.8, 4) is 0 Å². The third kappa shape index (κ3) is 3.65. The van der Waals surface area contributed by atoms with Gasteiger partial charge in [-0.3, -0.25) is 4.79 Å². The summed E-state index contributed by atoms with van der Waals surface area (Å²) < 4.78 is 0. The normalized spacial score (nSPS) is 24.9. The zero-order chi connectivity index (χ0) is 15.4. The molecule has 1 fully saturated rings. The Balaban J connectivity index is 1.69. The predicted molar refractivity (Wildman–Crippen MR) is 90.9 cm³/mol. The Bertz CT molecular complexity index is 602. The standard InChI is InChI=1S/C21H24O/c1-16-12-18(14-17-8-4-2-5-9-17)15-20(13-16)21(22)19-10-6-3-7-11-19/h2-11,16,18,20H,12-15H2,1H3. The highest BCUT2D eigenvalue weighted by Crippen LogP contribution is 2.36. The summed E-state index contributed by atoms with van der Waals surface area (Å²) in [4.78, 5) is 12.7. The first-order valence-electron chi connectivity index (χ1n) is 8.35. The van der Waals surface area contributed by atoms with Crippen molar-refractivity contribution < 1.29 is 4.79 Å². The van der Waals surface area contributed by atoms with Crippen molar-refractivity contribution in [2.75, 3.05) is 0 Å². The van der Waals surface area contributed by atoms with Crippen LogP contribution in [0.2, 0.25) is 0 Å². The molecule has 1 heteroatoms. The number of benzene rings is 2. The van der Waals surface area contributed by atoms with Crippen LogP contribution in [-0.4, -0.2) is 5.78 Å². The van der Waals surface area contributed by atoms with E-state index in [1.54, 1.807) is 0 Å². The first kappa shape index (κ1) is 15.0. The lowest BCUT2D eigenvalue weighted by Gasteiger charge is -2.32. The minimum Gasteiger partial charge on any atom is -0.294 e. The van der Waals surface area contributed by atoms with Gasteiger partial charge in [0.15, 0.2) is 5.78 Å². The molecule has 0 radical (unpaired) electrons. The number of hydrogen-bond donors (Lipinski definition) is 0. The molecule has 114 valence electrons. The Morgan fingerprint density at radius 1 is 0.909 bits per heavy atom. The van der Waals surface area contributed by atoms with Crippen molar-refractivity contribution in [2.45, 2.75) is 32.6 Å². The fourth-order valence-corrected chi connectivity index (χ4v) is 3.91. The van der Waals surface area contributed by atoms with Gasteiger partial charge in [-0.05, 0) is 43.1 Å². The number of carbonyl (C=O) groups excluding carboxylic acids is 1. The van der Waals surface area contributed by atoms with Gasteiger partial charge < -0.3 is 0 Å². The number of hydrogen-bond acceptors (Lipinski definition) is 1. The van der Waals surface area contributed by atoms with Crippen LogP contribution < -0.4 is 0 Å². The van der Waals surface area contributed by atoms with Crippen LogP contribution in [0.5, 0.6) is 0 Å².